The molecular formula is C12H19N3O3. The van der Waals surface area contributed by atoms with E-state index in [-0.39, 0.29) is 5.84 Å². The van der Waals surface area contributed by atoms with Crippen LogP contribution >= 0.6 is 0 Å². The van der Waals surface area contributed by atoms with Crippen LogP contribution in [-0.2, 0) is 4.74 Å². The molecule has 6 nitrogen and oxygen atoms in total. The summed E-state index contributed by atoms with van der Waals surface area (Å²) in [6.07, 6.45) is 0. The molecule has 1 aromatic rings. The third-order valence-electron chi connectivity index (χ3n) is 2.02. The summed E-state index contributed by atoms with van der Waals surface area (Å²) >= 11 is 0. The Hall–Kier alpha value is -1.82. The highest BCUT2D eigenvalue weighted by molar-refractivity contribution is 5.95. The molecule has 0 aromatic carbocycles. The van der Waals surface area contributed by atoms with Gasteiger partial charge in [0.05, 0.1) is 6.61 Å². The van der Waals surface area contributed by atoms with Gasteiger partial charge in [0.25, 0.3) is 0 Å². The van der Waals surface area contributed by atoms with Gasteiger partial charge in [-0.05, 0) is 12.0 Å². The second kappa shape index (κ2) is 7.50. The first-order valence-electron chi connectivity index (χ1n) is 5.79. The lowest BCUT2D eigenvalue weighted by molar-refractivity contribution is 0.0806. The molecule has 0 fully saturated rings. The first-order valence-corrected chi connectivity index (χ1v) is 5.79. The fraction of sp³-hybridized carbons (Fsp3) is 0.500. The molecule has 0 unspecified atom stereocenters. The molecule has 0 bridgehead atoms. The van der Waals surface area contributed by atoms with Crippen molar-refractivity contribution in [1.29, 1.82) is 0 Å². The molecule has 0 aliphatic heterocycles. The minimum atomic E-state index is -0.0449. The quantitative estimate of drug-likeness (QED) is 0.251. The Kier molecular flexibility index (Phi) is 5.93. The maximum Gasteiger partial charge on any atom is 0.213 e. The van der Waals surface area contributed by atoms with Crippen molar-refractivity contribution < 1.29 is 14.7 Å². The van der Waals surface area contributed by atoms with Crippen molar-refractivity contribution in [3.63, 3.8) is 0 Å². The van der Waals surface area contributed by atoms with Gasteiger partial charge in [0.2, 0.25) is 5.88 Å². The molecule has 6 heteroatoms. The molecule has 0 saturated carbocycles. The molecule has 0 saturated heterocycles. The van der Waals surface area contributed by atoms with Crippen molar-refractivity contribution >= 4 is 5.84 Å². The number of nitrogens with two attached hydrogens (primary N) is 1. The lowest BCUT2D eigenvalue weighted by Gasteiger charge is -2.08. The van der Waals surface area contributed by atoms with E-state index in [9.17, 15) is 0 Å². The molecule has 3 N–H and O–H groups in total. The summed E-state index contributed by atoms with van der Waals surface area (Å²) in [5.74, 6) is 0.885. The summed E-state index contributed by atoms with van der Waals surface area (Å²) in [5, 5.41) is 11.4. The molecule has 100 valence electrons. The number of pyridine rings is 1. The lowest BCUT2D eigenvalue weighted by Crippen LogP contribution is -2.16. The van der Waals surface area contributed by atoms with Gasteiger partial charge in [-0.2, -0.15) is 0 Å². The molecule has 0 aliphatic rings. The predicted molar refractivity (Wildman–Crippen MR) is 67.9 cm³/mol. The van der Waals surface area contributed by atoms with Crippen LogP contribution in [0.3, 0.4) is 0 Å². The summed E-state index contributed by atoms with van der Waals surface area (Å²) in [6, 6.07) is 5.07. The highest BCUT2D eigenvalue weighted by Gasteiger charge is 2.03. The smallest absolute Gasteiger partial charge is 0.213 e. The van der Waals surface area contributed by atoms with Gasteiger partial charge in [-0.15, -0.1) is 0 Å². The van der Waals surface area contributed by atoms with Gasteiger partial charge in [-0.25, -0.2) is 4.98 Å². The third kappa shape index (κ3) is 5.01. The first kappa shape index (κ1) is 14.2. The number of ether oxygens (including phenoxy) is 2. The Morgan fingerprint density at radius 3 is 2.89 bits per heavy atom. The highest BCUT2D eigenvalue weighted by atomic mass is 16.5. The van der Waals surface area contributed by atoms with Crippen LogP contribution in [0.5, 0.6) is 5.88 Å². The molecule has 0 atom stereocenters. The van der Waals surface area contributed by atoms with Crippen LogP contribution in [0.15, 0.2) is 23.4 Å². The van der Waals surface area contributed by atoms with E-state index in [0.717, 1.165) is 0 Å². The number of aromatic nitrogens is 1. The van der Waals surface area contributed by atoms with Crippen LogP contribution < -0.4 is 10.5 Å². The molecular weight excluding hydrogens is 234 g/mol. The van der Waals surface area contributed by atoms with Crippen molar-refractivity contribution in [2.75, 3.05) is 19.8 Å². The number of nitrogens with zero attached hydrogens (tertiary/aromatic N) is 2. The summed E-state index contributed by atoms with van der Waals surface area (Å²) in [5.41, 5.74) is 5.80. The van der Waals surface area contributed by atoms with E-state index >= 15 is 0 Å². The Morgan fingerprint density at radius 1 is 1.44 bits per heavy atom. The lowest BCUT2D eigenvalue weighted by atomic mass is 10.2. The Morgan fingerprint density at radius 2 is 2.22 bits per heavy atom. The third-order valence-corrected chi connectivity index (χ3v) is 2.02. The van der Waals surface area contributed by atoms with Gasteiger partial charge >= 0.3 is 0 Å². The zero-order chi connectivity index (χ0) is 13.4. The Labute approximate surface area is 106 Å². The van der Waals surface area contributed by atoms with E-state index in [1.165, 1.54) is 0 Å². The normalized spacial score (nSPS) is 11.8. The number of hydrogen-bond acceptors (Lipinski definition) is 5. The molecule has 18 heavy (non-hydrogen) atoms. The number of amidine groups is 1. The first-order chi connectivity index (χ1) is 8.63. The van der Waals surface area contributed by atoms with Crippen molar-refractivity contribution in [2.45, 2.75) is 13.8 Å². The summed E-state index contributed by atoms with van der Waals surface area (Å²) < 4.78 is 10.8. The fourth-order valence-electron chi connectivity index (χ4n) is 1.21. The van der Waals surface area contributed by atoms with Gasteiger partial charge < -0.3 is 20.4 Å². The van der Waals surface area contributed by atoms with E-state index < -0.39 is 0 Å². The van der Waals surface area contributed by atoms with Crippen molar-refractivity contribution in [3.05, 3.63) is 23.9 Å². The van der Waals surface area contributed by atoms with Crippen LogP contribution in [0.1, 0.15) is 19.5 Å². The zero-order valence-electron chi connectivity index (χ0n) is 10.7. The van der Waals surface area contributed by atoms with Crippen LogP contribution in [0.4, 0.5) is 0 Å². The van der Waals surface area contributed by atoms with Crippen molar-refractivity contribution in [3.8, 4) is 5.88 Å². The van der Waals surface area contributed by atoms with Crippen molar-refractivity contribution in [1.82, 2.24) is 4.98 Å². The van der Waals surface area contributed by atoms with E-state index in [1.807, 2.05) is 0 Å². The molecule has 0 aliphatic carbocycles. The number of hydrogen-bond donors (Lipinski definition) is 2. The van der Waals surface area contributed by atoms with Crippen LogP contribution in [0.2, 0.25) is 0 Å². The monoisotopic (exact) mass is 253 g/mol. The molecule has 0 spiro atoms. The van der Waals surface area contributed by atoms with Crippen LogP contribution in [0, 0.1) is 5.92 Å². The van der Waals surface area contributed by atoms with E-state index in [0.29, 0.717) is 37.3 Å². The Balaban J connectivity index is 2.39. The SMILES string of the molecule is CC(C)COCCOc1cccc(/C(N)=N/O)n1. The van der Waals surface area contributed by atoms with E-state index in [1.54, 1.807) is 18.2 Å². The Bertz CT molecular complexity index is 394. The standard InChI is InChI=1S/C12H19N3O3/c1-9(2)8-17-6-7-18-11-5-3-4-10(14-11)12(13)15-16/h3-5,9,16H,6-8H2,1-2H3,(H2,13,15). The maximum absolute atomic E-state index is 8.54. The molecule has 1 aromatic heterocycles. The predicted octanol–water partition coefficient (Wildman–Crippen LogP) is 1.23. The van der Waals surface area contributed by atoms with Gasteiger partial charge in [0.15, 0.2) is 5.84 Å². The van der Waals surface area contributed by atoms with Crippen LogP contribution in [-0.4, -0.2) is 35.8 Å². The average molecular weight is 253 g/mol. The molecule has 1 heterocycles. The second-order valence-electron chi connectivity index (χ2n) is 4.16. The summed E-state index contributed by atoms with van der Waals surface area (Å²) in [6.45, 7) is 5.81. The summed E-state index contributed by atoms with van der Waals surface area (Å²) in [4.78, 5) is 4.08. The average Bonchev–Trinajstić information content (AvgIpc) is 2.37. The number of oxime groups is 1. The van der Waals surface area contributed by atoms with Crippen LogP contribution in [0.25, 0.3) is 0 Å². The van der Waals surface area contributed by atoms with Gasteiger partial charge in [0, 0.05) is 12.7 Å². The maximum atomic E-state index is 8.54. The highest BCUT2D eigenvalue weighted by Crippen LogP contribution is 2.07. The topological polar surface area (TPSA) is 90.0 Å². The van der Waals surface area contributed by atoms with E-state index in [2.05, 4.69) is 24.0 Å². The van der Waals surface area contributed by atoms with E-state index in [4.69, 9.17) is 20.4 Å². The van der Waals surface area contributed by atoms with Gasteiger partial charge in [-0.3, -0.25) is 0 Å². The minimum Gasteiger partial charge on any atom is -0.475 e. The number of rotatable bonds is 7. The van der Waals surface area contributed by atoms with Gasteiger partial charge in [0.1, 0.15) is 12.3 Å². The second-order valence-corrected chi connectivity index (χ2v) is 4.16. The van der Waals surface area contributed by atoms with Crippen molar-refractivity contribution in [2.24, 2.45) is 16.8 Å². The molecule has 0 amide bonds. The molecule has 1 rings (SSSR count). The fourth-order valence-corrected chi connectivity index (χ4v) is 1.21. The van der Waals surface area contributed by atoms with Gasteiger partial charge in [-0.1, -0.05) is 25.1 Å². The minimum absolute atomic E-state index is 0.0449. The largest absolute Gasteiger partial charge is 0.475 e. The molecule has 0 radical (unpaired) electrons. The zero-order valence-corrected chi connectivity index (χ0v) is 10.7. The summed E-state index contributed by atoms with van der Waals surface area (Å²) in [7, 11) is 0.